The van der Waals surface area contributed by atoms with Crippen LogP contribution in [0.2, 0.25) is 0 Å². The van der Waals surface area contributed by atoms with Gasteiger partial charge in [0.05, 0.1) is 23.6 Å². The number of rotatable bonds is 2. The molecule has 0 aliphatic heterocycles. The van der Waals surface area contributed by atoms with Gasteiger partial charge >= 0.3 is 0 Å². The van der Waals surface area contributed by atoms with Crippen LogP contribution in [-0.4, -0.2) is 5.16 Å². The van der Waals surface area contributed by atoms with E-state index in [2.05, 4.69) is 11.2 Å². The quantitative estimate of drug-likeness (QED) is 0.836. The van der Waals surface area contributed by atoms with Crippen LogP contribution in [0.4, 0.5) is 5.82 Å². The normalized spacial score (nSPS) is 11.4. The molecule has 0 saturated heterocycles. The number of nitrogens with zero attached hydrogens (tertiary/aromatic N) is 4. The number of hydrogen-bond acceptors (Lipinski definition) is 6. The second-order valence-electron chi connectivity index (χ2n) is 5.21. The molecule has 6 nitrogen and oxygen atoms in total. The number of allylic oxidation sites excluding steroid dienone is 2. The molecule has 2 N–H and O–H groups in total. The van der Waals surface area contributed by atoms with Crippen molar-refractivity contribution in [2.45, 2.75) is 33.1 Å². The van der Waals surface area contributed by atoms with Crippen molar-refractivity contribution in [1.29, 1.82) is 15.8 Å². The Labute approximate surface area is 129 Å². The summed E-state index contributed by atoms with van der Waals surface area (Å²) in [6.07, 6.45) is 1.17. The predicted octanol–water partition coefficient (Wildman–Crippen LogP) is 3.24. The van der Waals surface area contributed by atoms with E-state index >= 15 is 0 Å². The first kappa shape index (κ1) is 18.5. The number of nitrogen functional groups attached to an aromatic ring is 1. The summed E-state index contributed by atoms with van der Waals surface area (Å²) < 4.78 is 4.82. The number of anilines is 1. The largest absolute Gasteiger partial charge is 0.381 e. The van der Waals surface area contributed by atoms with E-state index in [1.54, 1.807) is 39.8 Å². The van der Waals surface area contributed by atoms with E-state index < -0.39 is 10.8 Å². The molecule has 21 heavy (non-hydrogen) atoms. The Morgan fingerprint density at radius 1 is 1.29 bits per heavy atom. The van der Waals surface area contributed by atoms with Crippen molar-refractivity contribution in [3.8, 4) is 18.2 Å². The van der Waals surface area contributed by atoms with E-state index in [0.29, 0.717) is 11.6 Å². The fraction of sp³-hybridized carbons (Fsp3) is 0.429. The molecule has 0 aliphatic carbocycles. The molecule has 0 bridgehead atoms. The van der Waals surface area contributed by atoms with Crippen LogP contribution >= 0.6 is 11.6 Å². The van der Waals surface area contributed by atoms with Gasteiger partial charge in [-0.3, -0.25) is 0 Å². The van der Waals surface area contributed by atoms with Crippen molar-refractivity contribution < 1.29 is 4.52 Å². The molecule has 1 heterocycles. The van der Waals surface area contributed by atoms with E-state index in [0.717, 1.165) is 0 Å². The highest BCUT2D eigenvalue weighted by atomic mass is 35.5. The maximum Gasteiger partial charge on any atom is 0.167 e. The smallest absolute Gasteiger partial charge is 0.167 e. The highest BCUT2D eigenvalue weighted by Crippen LogP contribution is 2.27. The Bertz CT molecular complexity index is 638. The minimum atomic E-state index is -0.739. The molecule has 0 aromatic carbocycles. The van der Waals surface area contributed by atoms with Gasteiger partial charge in [0.25, 0.3) is 0 Å². The topological polar surface area (TPSA) is 123 Å². The van der Waals surface area contributed by atoms with Gasteiger partial charge in [0.1, 0.15) is 5.41 Å². The SMILES string of the molecule is CC(C)(C#N)/C(Cl)=C/C#N.CC(C)(C#N)c1cc(N)no1. The molecule has 0 unspecified atom stereocenters. The lowest BCUT2D eigenvalue weighted by Gasteiger charge is -2.11. The zero-order valence-electron chi connectivity index (χ0n) is 12.3. The average molecular weight is 306 g/mol. The minimum absolute atomic E-state index is 0.275. The lowest BCUT2D eigenvalue weighted by Crippen LogP contribution is -2.12. The van der Waals surface area contributed by atoms with Crippen molar-refractivity contribution in [3.05, 3.63) is 22.9 Å². The fourth-order valence-corrected chi connectivity index (χ4v) is 1.02. The van der Waals surface area contributed by atoms with Crippen LogP contribution in [0, 0.1) is 39.4 Å². The van der Waals surface area contributed by atoms with E-state index in [9.17, 15) is 0 Å². The first-order valence-electron chi connectivity index (χ1n) is 5.91. The van der Waals surface area contributed by atoms with Gasteiger partial charge in [-0.25, -0.2) is 0 Å². The number of nitrogens with two attached hydrogens (primary N) is 1. The Balaban J connectivity index is 0.000000384. The van der Waals surface area contributed by atoms with Crippen LogP contribution in [0.15, 0.2) is 21.7 Å². The van der Waals surface area contributed by atoms with Gasteiger partial charge in [0.15, 0.2) is 11.6 Å². The Morgan fingerprint density at radius 3 is 2.19 bits per heavy atom. The molecule has 0 radical (unpaired) electrons. The van der Waals surface area contributed by atoms with Gasteiger partial charge in [-0.2, -0.15) is 15.8 Å². The maximum absolute atomic E-state index is 8.68. The molecular weight excluding hydrogens is 290 g/mol. The summed E-state index contributed by atoms with van der Waals surface area (Å²) in [6, 6.07) is 7.38. The predicted molar refractivity (Wildman–Crippen MR) is 78.5 cm³/mol. The Hall–Kier alpha value is -2.49. The van der Waals surface area contributed by atoms with Crippen LogP contribution in [0.5, 0.6) is 0 Å². The van der Waals surface area contributed by atoms with Crippen molar-refractivity contribution in [2.24, 2.45) is 5.41 Å². The van der Waals surface area contributed by atoms with Crippen molar-refractivity contribution in [3.63, 3.8) is 0 Å². The van der Waals surface area contributed by atoms with E-state index in [-0.39, 0.29) is 5.03 Å². The fourth-order valence-electron chi connectivity index (χ4n) is 0.929. The van der Waals surface area contributed by atoms with Crippen LogP contribution in [0.25, 0.3) is 0 Å². The molecule has 1 rings (SSSR count). The summed E-state index contributed by atoms with van der Waals surface area (Å²) in [4.78, 5) is 0. The lowest BCUT2D eigenvalue weighted by atomic mass is 9.93. The third kappa shape index (κ3) is 5.57. The zero-order valence-corrected chi connectivity index (χ0v) is 13.1. The van der Waals surface area contributed by atoms with Gasteiger partial charge in [-0.15, -0.1) is 0 Å². The number of aromatic nitrogens is 1. The molecular formula is C14H16ClN5O. The first-order chi connectivity index (χ1) is 9.60. The number of halogens is 1. The molecule has 1 aromatic rings. The molecule has 0 fully saturated rings. The van der Waals surface area contributed by atoms with Gasteiger partial charge < -0.3 is 10.3 Å². The monoisotopic (exact) mass is 305 g/mol. The minimum Gasteiger partial charge on any atom is -0.381 e. The second kappa shape index (κ2) is 7.33. The van der Waals surface area contributed by atoms with Crippen molar-refractivity contribution in [1.82, 2.24) is 5.16 Å². The first-order valence-corrected chi connectivity index (χ1v) is 6.29. The van der Waals surface area contributed by atoms with E-state index in [4.69, 9.17) is 37.6 Å². The standard InChI is InChI=1S/C7H7ClN2.C7H9N3O/c1-7(2,5-10)6(8)3-4-9;1-7(2,4-8)5-3-6(9)10-11-5/h3H,1-2H3;3H,1-2H3,(H2,9,10)/b6-3-;. The molecule has 110 valence electrons. The summed E-state index contributed by atoms with van der Waals surface area (Å²) in [6.45, 7) is 6.80. The lowest BCUT2D eigenvalue weighted by molar-refractivity contribution is 0.350. The van der Waals surface area contributed by atoms with Gasteiger partial charge in [0, 0.05) is 17.2 Å². The van der Waals surface area contributed by atoms with Gasteiger partial charge in [-0.1, -0.05) is 16.8 Å². The summed E-state index contributed by atoms with van der Waals surface area (Å²) in [7, 11) is 0. The summed E-state index contributed by atoms with van der Waals surface area (Å²) in [5.74, 6) is 0.806. The zero-order chi connectivity index (χ0) is 16.7. The summed E-state index contributed by atoms with van der Waals surface area (Å²) >= 11 is 5.59. The summed E-state index contributed by atoms with van der Waals surface area (Å²) in [5.41, 5.74) is 3.93. The van der Waals surface area contributed by atoms with Gasteiger partial charge in [0.2, 0.25) is 0 Å². The Morgan fingerprint density at radius 2 is 1.86 bits per heavy atom. The second-order valence-corrected chi connectivity index (χ2v) is 5.62. The third-order valence-corrected chi connectivity index (χ3v) is 3.07. The van der Waals surface area contributed by atoms with Crippen LogP contribution < -0.4 is 5.73 Å². The maximum atomic E-state index is 8.68. The summed E-state index contributed by atoms with van der Waals surface area (Å²) in [5, 5.41) is 29.1. The van der Waals surface area contributed by atoms with Crippen LogP contribution in [0.1, 0.15) is 33.5 Å². The number of hydrogen-bond donors (Lipinski definition) is 1. The van der Waals surface area contributed by atoms with E-state index in [1.165, 1.54) is 6.08 Å². The average Bonchev–Trinajstić information content (AvgIpc) is 2.87. The molecule has 0 atom stereocenters. The molecule has 1 aromatic heterocycles. The molecule has 0 spiro atoms. The molecule has 0 aliphatic rings. The van der Waals surface area contributed by atoms with Crippen molar-refractivity contribution >= 4 is 17.4 Å². The molecule has 0 amide bonds. The molecule has 7 heteroatoms. The number of nitriles is 3. The third-order valence-electron chi connectivity index (χ3n) is 2.49. The van der Waals surface area contributed by atoms with Gasteiger partial charge in [-0.05, 0) is 27.7 Å². The van der Waals surface area contributed by atoms with Crippen LogP contribution in [-0.2, 0) is 5.41 Å². The van der Waals surface area contributed by atoms with E-state index in [1.807, 2.05) is 6.07 Å². The molecule has 0 saturated carbocycles. The highest BCUT2D eigenvalue weighted by molar-refractivity contribution is 6.30. The Kier molecular flexibility index (Phi) is 6.46. The van der Waals surface area contributed by atoms with Crippen molar-refractivity contribution in [2.75, 3.05) is 5.73 Å². The van der Waals surface area contributed by atoms with Crippen LogP contribution in [0.3, 0.4) is 0 Å². The highest BCUT2D eigenvalue weighted by Gasteiger charge is 2.24.